The Labute approximate surface area is 121 Å². The number of amides is 1. The fraction of sp³-hybridized carbons (Fsp3) is 0.125. The number of nitrogens with one attached hydrogen (secondary N) is 1. The third kappa shape index (κ3) is 4.13. The van der Waals surface area contributed by atoms with Crippen molar-refractivity contribution in [1.29, 1.82) is 0 Å². The lowest BCUT2D eigenvalue weighted by molar-refractivity contribution is 0.0945. The van der Waals surface area contributed by atoms with Gasteiger partial charge in [-0.25, -0.2) is 4.39 Å². The molecule has 0 saturated heterocycles. The summed E-state index contributed by atoms with van der Waals surface area (Å²) in [5.74, 6) is 4.38. The van der Waals surface area contributed by atoms with Gasteiger partial charge in [-0.05, 0) is 30.3 Å². The second-order valence-electron chi connectivity index (χ2n) is 4.16. The van der Waals surface area contributed by atoms with Crippen LogP contribution in [0.2, 0.25) is 0 Å². The fourth-order valence-electron chi connectivity index (χ4n) is 1.69. The van der Waals surface area contributed by atoms with Gasteiger partial charge in [-0.2, -0.15) is 0 Å². The van der Waals surface area contributed by atoms with Gasteiger partial charge < -0.3 is 10.4 Å². The van der Waals surface area contributed by atoms with Crippen LogP contribution in [-0.4, -0.2) is 22.6 Å². The van der Waals surface area contributed by atoms with Gasteiger partial charge in [0.2, 0.25) is 0 Å². The van der Waals surface area contributed by atoms with Gasteiger partial charge in [-0.3, -0.25) is 9.78 Å². The van der Waals surface area contributed by atoms with Crippen LogP contribution in [0, 0.1) is 17.7 Å². The first-order valence-corrected chi connectivity index (χ1v) is 6.28. The second-order valence-corrected chi connectivity index (χ2v) is 4.16. The number of halogens is 1. The molecule has 106 valence electrons. The molecule has 1 heterocycles. The van der Waals surface area contributed by atoms with Crippen LogP contribution in [-0.2, 0) is 6.54 Å². The zero-order valence-corrected chi connectivity index (χ0v) is 11.1. The summed E-state index contributed by atoms with van der Waals surface area (Å²) >= 11 is 0. The van der Waals surface area contributed by atoms with Crippen molar-refractivity contribution in [3.63, 3.8) is 0 Å². The van der Waals surface area contributed by atoms with Crippen LogP contribution >= 0.6 is 0 Å². The number of pyridine rings is 1. The molecule has 1 aromatic carbocycles. The molecular formula is C16H13FN2O2. The lowest BCUT2D eigenvalue weighted by Gasteiger charge is -2.06. The zero-order valence-electron chi connectivity index (χ0n) is 11.1. The van der Waals surface area contributed by atoms with Gasteiger partial charge in [0, 0.05) is 23.9 Å². The lowest BCUT2D eigenvalue weighted by atomic mass is 10.1. The van der Waals surface area contributed by atoms with Gasteiger partial charge in [0.25, 0.3) is 5.91 Å². The highest BCUT2D eigenvalue weighted by Crippen LogP contribution is 2.10. The van der Waals surface area contributed by atoms with E-state index >= 15 is 0 Å². The van der Waals surface area contributed by atoms with Gasteiger partial charge in [0.1, 0.15) is 18.1 Å². The average Bonchev–Trinajstić information content (AvgIpc) is 2.53. The first-order chi connectivity index (χ1) is 10.2. The summed E-state index contributed by atoms with van der Waals surface area (Å²) in [6.07, 6.45) is 1.51. The van der Waals surface area contributed by atoms with Crippen LogP contribution in [0.25, 0.3) is 0 Å². The highest BCUT2D eigenvalue weighted by Gasteiger charge is 2.08. The maximum absolute atomic E-state index is 13.7. The quantitative estimate of drug-likeness (QED) is 0.840. The molecule has 1 aromatic heterocycles. The first-order valence-electron chi connectivity index (χ1n) is 6.28. The van der Waals surface area contributed by atoms with Crippen LogP contribution in [0.15, 0.2) is 42.6 Å². The molecule has 2 aromatic rings. The van der Waals surface area contributed by atoms with Crippen LogP contribution in [0.4, 0.5) is 4.39 Å². The summed E-state index contributed by atoms with van der Waals surface area (Å²) in [7, 11) is 0. The van der Waals surface area contributed by atoms with E-state index in [1.165, 1.54) is 24.4 Å². The van der Waals surface area contributed by atoms with E-state index in [9.17, 15) is 9.18 Å². The summed E-state index contributed by atoms with van der Waals surface area (Å²) in [5, 5.41) is 11.2. The Kier molecular flexibility index (Phi) is 5.02. The van der Waals surface area contributed by atoms with Gasteiger partial charge in [0.05, 0.1) is 0 Å². The summed E-state index contributed by atoms with van der Waals surface area (Å²) < 4.78 is 13.7. The van der Waals surface area contributed by atoms with Crippen molar-refractivity contribution in [2.75, 3.05) is 6.61 Å². The van der Waals surface area contributed by atoms with Crippen molar-refractivity contribution >= 4 is 5.91 Å². The minimum atomic E-state index is -0.425. The van der Waals surface area contributed by atoms with E-state index in [1.807, 2.05) is 0 Å². The largest absolute Gasteiger partial charge is 0.384 e. The Morgan fingerprint density at radius 1 is 1.33 bits per heavy atom. The normalized spacial score (nSPS) is 9.62. The van der Waals surface area contributed by atoms with E-state index in [1.54, 1.807) is 18.2 Å². The molecule has 0 aliphatic heterocycles. The van der Waals surface area contributed by atoms with E-state index in [2.05, 4.69) is 22.1 Å². The number of carbonyl (C=O) groups excluding carboxylic acids is 1. The number of rotatable bonds is 3. The number of aliphatic hydroxyl groups is 1. The summed E-state index contributed by atoms with van der Waals surface area (Å²) in [6.45, 7) is -0.223. The molecule has 4 nitrogen and oxygen atoms in total. The van der Waals surface area contributed by atoms with Gasteiger partial charge >= 0.3 is 0 Å². The molecule has 0 aliphatic carbocycles. The second kappa shape index (κ2) is 7.17. The third-order valence-electron chi connectivity index (χ3n) is 2.69. The minimum Gasteiger partial charge on any atom is -0.384 e. The predicted octanol–water partition coefficient (Wildman–Crippen LogP) is 1.49. The molecule has 0 unspecified atom stereocenters. The van der Waals surface area contributed by atoms with Crippen LogP contribution in [0.1, 0.15) is 21.6 Å². The molecule has 5 heteroatoms. The molecule has 0 aliphatic rings. The maximum Gasteiger partial charge on any atom is 0.270 e. The molecule has 1 amide bonds. The molecule has 0 radical (unpaired) electrons. The molecule has 0 saturated carbocycles. The van der Waals surface area contributed by atoms with Crippen molar-refractivity contribution in [1.82, 2.24) is 10.3 Å². The Hall–Kier alpha value is -2.71. The van der Waals surface area contributed by atoms with Gasteiger partial charge in [-0.15, -0.1) is 0 Å². The number of hydrogen-bond donors (Lipinski definition) is 2. The summed E-state index contributed by atoms with van der Waals surface area (Å²) in [4.78, 5) is 15.7. The smallest absolute Gasteiger partial charge is 0.270 e. The maximum atomic E-state index is 13.7. The highest BCUT2D eigenvalue weighted by atomic mass is 19.1. The standard InChI is InChI=1S/C16H13FN2O2/c17-14-7-6-12(4-3-9-20)10-13(14)11-19-16(21)15-5-1-2-8-18-15/h1-2,5-8,10,20H,9,11H2,(H,19,21). The van der Waals surface area contributed by atoms with Crippen LogP contribution in [0.3, 0.4) is 0 Å². The number of aliphatic hydroxyl groups excluding tert-OH is 1. The van der Waals surface area contributed by atoms with Crippen LogP contribution in [0.5, 0.6) is 0 Å². The van der Waals surface area contributed by atoms with Gasteiger partial charge in [0.15, 0.2) is 0 Å². The molecule has 0 spiro atoms. The van der Waals surface area contributed by atoms with E-state index in [0.717, 1.165) is 0 Å². The SMILES string of the molecule is O=C(NCc1cc(C#CCO)ccc1F)c1ccccn1. The van der Waals surface area contributed by atoms with Crippen molar-refractivity contribution in [3.05, 3.63) is 65.2 Å². The fourth-order valence-corrected chi connectivity index (χ4v) is 1.69. The molecule has 0 fully saturated rings. The average molecular weight is 284 g/mol. The van der Waals surface area contributed by atoms with Crippen molar-refractivity contribution in [2.45, 2.75) is 6.54 Å². The summed E-state index contributed by atoms with van der Waals surface area (Å²) in [6, 6.07) is 9.32. The Morgan fingerprint density at radius 2 is 2.19 bits per heavy atom. The predicted molar refractivity (Wildman–Crippen MR) is 75.8 cm³/mol. The summed E-state index contributed by atoms with van der Waals surface area (Å²) in [5.41, 5.74) is 1.17. The number of nitrogens with zero attached hydrogens (tertiary/aromatic N) is 1. The third-order valence-corrected chi connectivity index (χ3v) is 2.69. The Bertz CT molecular complexity index is 690. The number of hydrogen-bond acceptors (Lipinski definition) is 3. The zero-order chi connectivity index (χ0) is 15.1. The van der Waals surface area contributed by atoms with Crippen molar-refractivity contribution < 1.29 is 14.3 Å². The molecular weight excluding hydrogens is 271 g/mol. The van der Waals surface area contributed by atoms with E-state index in [-0.39, 0.29) is 24.8 Å². The van der Waals surface area contributed by atoms with Crippen LogP contribution < -0.4 is 5.32 Å². The number of aromatic nitrogens is 1. The number of carbonyl (C=O) groups is 1. The Balaban J connectivity index is 2.07. The molecule has 0 bridgehead atoms. The monoisotopic (exact) mass is 284 g/mol. The molecule has 2 N–H and O–H groups in total. The Morgan fingerprint density at radius 3 is 2.90 bits per heavy atom. The topological polar surface area (TPSA) is 62.2 Å². The van der Waals surface area contributed by atoms with E-state index in [0.29, 0.717) is 11.1 Å². The first kappa shape index (κ1) is 14.7. The van der Waals surface area contributed by atoms with Crippen molar-refractivity contribution in [3.8, 4) is 11.8 Å². The van der Waals surface area contributed by atoms with E-state index < -0.39 is 5.82 Å². The van der Waals surface area contributed by atoms with Crippen molar-refractivity contribution in [2.24, 2.45) is 0 Å². The minimum absolute atomic E-state index is 0.0376. The number of benzene rings is 1. The highest BCUT2D eigenvalue weighted by molar-refractivity contribution is 5.92. The lowest BCUT2D eigenvalue weighted by Crippen LogP contribution is -2.24. The molecule has 0 atom stereocenters. The molecule has 2 rings (SSSR count). The molecule has 21 heavy (non-hydrogen) atoms. The van der Waals surface area contributed by atoms with E-state index in [4.69, 9.17) is 5.11 Å². The van der Waals surface area contributed by atoms with Gasteiger partial charge in [-0.1, -0.05) is 17.9 Å².